The van der Waals surface area contributed by atoms with E-state index in [1.54, 1.807) is 18.2 Å². The molecule has 0 aliphatic rings. The molecule has 0 radical (unpaired) electrons. The topological polar surface area (TPSA) is 64.4 Å². The van der Waals surface area contributed by atoms with E-state index in [2.05, 4.69) is 5.32 Å². The van der Waals surface area contributed by atoms with Gasteiger partial charge in [0, 0.05) is 29.3 Å². The van der Waals surface area contributed by atoms with E-state index < -0.39 is 10.7 Å². The van der Waals surface area contributed by atoms with Gasteiger partial charge < -0.3 is 10.1 Å². The van der Waals surface area contributed by atoms with Gasteiger partial charge in [0.25, 0.3) is 5.69 Å². The first-order chi connectivity index (χ1) is 10.0. The minimum absolute atomic E-state index is 0.0335. The number of methoxy groups -OCH3 is 1. The molecule has 0 aliphatic heterocycles. The molecule has 2 aromatic rings. The molecule has 0 aliphatic carbocycles. The Bertz CT molecular complexity index is 679. The molecule has 0 amide bonds. The zero-order valence-electron chi connectivity index (χ0n) is 11.1. The van der Waals surface area contributed by atoms with Crippen molar-refractivity contribution < 1.29 is 14.1 Å². The summed E-state index contributed by atoms with van der Waals surface area (Å²) in [5, 5.41) is 14.0. The predicted octanol–water partition coefficient (Wildman–Crippen LogP) is 4.01. The van der Waals surface area contributed by atoms with Gasteiger partial charge in [-0.3, -0.25) is 10.1 Å². The molecule has 2 aromatic carbocycles. The highest BCUT2D eigenvalue weighted by atomic mass is 35.5. The molecule has 21 heavy (non-hydrogen) atoms. The number of nitrogens with zero attached hydrogens (tertiary/aromatic N) is 1. The van der Waals surface area contributed by atoms with E-state index in [0.29, 0.717) is 16.3 Å². The summed E-state index contributed by atoms with van der Waals surface area (Å²) in [5.74, 6) is -0.0209. The molecular formula is C14H12ClFN2O3. The summed E-state index contributed by atoms with van der Waals surface area (Å²) in [6.45, 7) is 0.181. The van der Waals surface area contributed by atoms with Crippen LogP contribution in [0, 0.1) is 15.9 Å². The maximum atomic E-state index is 13.7. The van der Waals surface area contributed by atoms with Crippen LogP contribution in [0.3, 0.4) is 0 Å². The van der Waals surface area contributed by atoms with Crippen LogP contribution in [0.5, 0.6) is 5.75 Å². The summed E-state index contributed by atoms with van der Waals surface area (Å²) in [5.41, 5.74) is 0.490. The zero-order chi connectivity index (χ0) is 15.4. The number of rotatable bonds is 5. The summed E-state index contributed by atoms with van der Waals surface area (Å²) in [4.78, 5) is 10.1. The Morgan fingerprint density at radius 1 is 1.38 bits per heavy atom. The van der Waals surface area contributed by atoms with Crippen LogP contribution < -0.4 is 10.1 Å². The third-order valence-electron chi connectivity index (χ3n) is 2.91. The smallest absolute Gasteiger partial charge is 0.271 e. The Kier molecular flexibility index (Phi) is 4.59. The van der Waals surface area contributed by atoms with Crippen molar-refractivity contribution in [2.45, 2.75) is 6.54 Å². The fourth-order valence-electron chi connectivity index (χ4n) is 1.85. The SMILES string of the molecule is COc1cccc(Cl)c1CNc1cc([N+](=O)[O-])ccc1F. The van der Waals surface area contributed by atoms with E-state index in [1.807, 2.05) is 0 Å². The molecule has 1 N–H and O–H groups in total. The van der Waals surface area contributed by atoms with Crippen LogP contribution >= 0.6 is 11.6 Å². The van der Waals surface area contributed by atoms with Crippen LogP contribution in [0.15, 0.2) is 36.4 Å². The fourth-order valence-corrected chi connectivity index (χ4v) is 2.08. The number of benzene rings is 2. The second-order valence-electron chi connectivity index (χ2n) is 4.20. The number of anilines is 1. The molecule has 0 atom stereocenters. The van der Waals surface area contributed by atoms with E-state index in [-0.39, 0.29) is 17.9 Å². The quantitative estimate of drug-likeness (QED) is 0.669. The van der Waals surface area contributed by atoms with Gasteiger partial charge in [-0.25, -0.2) is 4.39 Å². The Morgan fingerprint density at radius 3 is 2.81 bits per heavy atom. The van der Waals surface area contributed by atoms with Crippen LogP contribution in [0.1, 0.15) is 5.56 Å². The minimum atomic E-state index is -0.583. The molecule has 5 nitrogen and oxygen atoms in total. The summed E-state index contributed by atoms with van der Waals surface area (Å²) < 4.78 is 18.8. The van der Waals surface area contributed by atoms with Crippen LogP contribution in [0.2, 0.25) is 5.02 Å². The first-order valence-electron chi connectivity index (χ1n) is 6.02. The number of ether oxygens (including phenoxy) is 1. The normalized spacial score (nSPS) is 10.2. The highest BCUT2D eigenvalue weighted by Crippen LogP contribution is 2.28. The molecule has 110 valence electrons. The molecular weight excluding hydrogens is 299 g/mol. The first kappa shape index (κ1) is 15.1. The number of nitrogens with one attached hydrogen (secondary N) is 1. The molecule has 0 heterocycles. The number of nitro groups is 1. The van der Waals surface area contributed by atoms with Gasteiger partial charge in [0.2, 0.25) is 0 Å². The molecule has 0 unspecified atom stereocenters. The third kappa shape index (κ3) is 3.41. The van der Waals surface area contributed by atoms with Crippen LogP contribution in [-0.4, -0.2) is 12.0 Å². The molecule has 0 spiro atoms. The highest BCUT2D eigenvalue weighted by Gasteiger charge is 2.12. The van der Waals surface area contributed by atoms with Gasteiger partial charge >= 0.3 is 0 Å². The van der Waals surface area contributed by atoms with Crippen molar-refractivity contribution in [1.82, 2.24) is 0 Å². The Balaban J connectivity index is 2.24. The number of nitro benzene ring substituents is 1. The number of non-ortho nitro benzene ring substituents is 1. The van der Waals surface area contributed by atoms with E-state index in [0.717, 1.165) is 18.2 Å². The summed E-state index contributed by atoms with van der Waals surface area (Å²) in [6.07, 6.45) is 0. The Hall–Kier alpha value is -2.34. The first-order valence-corrected chi connectivity index (χ1v) is 6.40. The average molecular weight is 311 g/mol. The molecule has 0 fully saturated rings. The summed E-state index contributed by atoms with van der Waals surface area (Å²) in [6, 6.07) is 8.44. The van der Waals surface area contributed by atoms with E-state index >= 15 is 0 Å². The number of halogens is 2. The van der Waals surface area contributed by atoms with Crippen molar-refractivity contribution in [2.24, 2.45) is 0 Å². The van der Waals surface area contributed by atoms with Crippen LogP contribution in [0.4, 0.5) is 15.8 Å². The lowest BCUT2D eigenvalue weighted by molar-refractivity contribution is -0.384. The lowest BCUT2D eigenvalue weighted by Gasteiger charge is -2.12. The van der Waals surface area contributed by atoms with Crippen molar-refractivity contribution in [1.29, 1.82) is 0 Å². The van der Waals surface area contributed by atoms with Crippen molar-refractivity contribution >= 4 is 23.0 Å². The number of hydrogen-bond acceptors (Lipinski definition) is 4. The monoisotopic (exact) mass is 310 g/mol. The molecule has 0 saturated carbocycles. The molecule has 7 heteroatoms. The Morgan fingerprint density at radius 2 is 2.14 bits per heavy atom. The molecule has 0 bridgehead atoms. The zero-order valence-corrected chi connectivity index (χ0v) is 11.9. The highest BCUT2D eigenvalue weighted by molar-refractivity contribution is 6.31. The largest absolute Gasteiger partial charge is 0.496 e. The lowest BCUT2D eigenvalue weighted by atomic mass is 10.2. The Labute approximate surface area is 125 Å². The van der Waals surface area contributed by atoms with Gasteiger partial charge in [-0.15, -0.1) is 0 Å². The minimum Gasteiger partial charge on any atom is -0.496 e. The summed E-state index contributed by atoms with van der Waals surface area (Å²) in [7, 11) is 1.50. The predicted molar refractivity (Wildman–Crippen MR) is 78.4 cm³/mol. The van der Waals surface area contributed by atoms with Crippen molar-refractivity contribution in [2.75, 3.05) is 12.4 Å². The molecule has 0 aromatic heterocycles. The van der Waals surface area contributed by atoms with Gasteiger partial charge in [-0.1, -0.05) is 17.7 Å². The van der Waals surface area contributed by atoms with Gasteiger partial charge in [0.15, 0.2) is 0 Å². The van der Waals surface area contributed by atoms with Gasteiger partial charge in [-0.05, 0) is 18.2 Å². The maximum Gasteiger partial charge on any atom is 0.271 e. The maximum absolute atomic E-state index is 13.7. The van der Waals surface area contributed by atoms with Gasteiger partial charge in [0.1, 0.15) is 11.6 Å². The van der Waals surface area contributed by atoms with Gasteiger partial charge in [-0.2, -0.15) is 0 Å². The number of hydrogen-bond donors (Lipinski definition) is 1. The molecule has 0 saturated heterocycles. The second-order valence-corrected chi connectivity index (χ2v) is 4.60. The van der Waals surface area contributed by atoms with Gasteiger partial charge in [0.05, 0.1) is 17.7 Å². The fraction of sp³-hybridized carbons (Fsp3) is 0.143. The van der Waals surface area contributed by atoms with E-state index in [4.69, 9.17) is 16.3 Å². The van der Waals surface area contributed by atoms with E-state index in [1.165, 1.54) is 7.11 Å². The second kappa shape index (κ2) is 6.41. The third-order valence-corrected chi connectivity index (χ3v) is 3.27. The standard InChI is InChI=1S/C14H12ClFN2O3/c1-21-14-4-2-3-11(15)10(14)8-17-13-7-9(18(19)20)5-6-12(13)16/h2-7,17H,8H2,1H3. The van der Waals surface area contributed by atoms with Crippen LogP contribution in [-0.2, 0) is 6.54 Å². The van der Waals surface area contributed by atoms with Crippen molar-refractivity contribution in [3.05, 3.63) is 62.9 Å². The van der Waals surface area contributed by atoms with Crippen molar-refractivity contribution in [3.8, 4) is 5.75 Å². The lowest BCUT2D eigenvalue weighted by Crippen LogP contribution is -2.04. The van der Waals surface area contributed by atoms with Crippen molar-refractivity contribution in [3.63, 3.8) is 0 Å². The van der Waals surface area contributed by atoms with Crippen LogP contribution in [0.25, 0.3) is 0 Å². The average Bonchev–Trinajstić information content (AvgIpc) is 2.47. The molecule has 2 rings (SSSR count). The summed E-state index contributed by atoms with van der Waals surface area (Å²) >= 11 is 6.07. The van der Waals surface area contributed by atoms with E-state index in [9.17, 15) is 14.5 Å².